The van der Waals surface area contributed by atoms with Crippen LogP contribution >= 0.6 is 11.8 Å². The number of nitrogens with one attached hydrogen (secondary N) is 2. The molecule has 0 radical (unpaired) electrons. The van der Waals surface area contributed by atoms with Gasteiger partial charge in [-0.1, -0.05) is 38.6 Å². The van der Waals surface area contributed by atoms with Crippen LogP contribution in [-0.2, 0) is 17.6 Å². The van der Waals surface area contributed by atoms with Gasteiger partial charge in [-0.15, -0.1) is 0 Å². The normalized spacial score (nSPS) is 16.1. The van der Waals surface area contributed by atoms with Crippen LogP contribution in [0, 0.1) is 22.7 Å². The summed E-state index contributed by atoms with van der Waals surface area (Å²) in [6.45, 7) is 6.83. The zero-order chi connectivity index (χ0) is 21.3. The second-order valence-corrected chi connectivity index (χ2v) is 9.95. The molecule has 154 valence electrons. The molecule has 2 heterocycles. The Morgan fingerprint density at radius 1 is 1.33 bits per heavy atom. The van der Waals surface area contributed by atoms with Crippen LogP contribution in [0.2, 0.25) is 0 Å². The van der Waals surface area contributed by atoms with Gasteiger partial charge in [-0.2, -0.15) is 5.26 Å². The molecule has 1 aliphatic carbocycles. The Morgan fingerprint density at radius 2 is 2.17 bits per heavy atom. The molecule has 3 aromatic rings. The molecular formula is C24H26N4OS. The maximum Gasteiger partial charge on any atom is 0.234 e. The van der Waals surface area contributed by atoms with Crippen LogP contribution in [0.4, 0.5) is 5.69 Å². The predicted octanol–water partition coefficient (Wildman–Crippen LogP) is 5.32. The number of carbonyl (C=O) groups is 1. The molecule has 1 unspecified atom stereocenters. The number of fused-ring (bicyclic) bond motifs is 2. The number of anilines is 1. The number of hydrogen-bond acceptors (Lipinski definition) is 4. The van der Waals surface area contributed by atoms with Crippen molar-refractivity contribution in [2.75, 3.05) is 11.1 Å². The first-order valence-corrected chi connectivity index (χ1v) is 11.2. The Hall–Kier alpha value is -2.78. The first-order chi connectivity index (χ1) is 14.3. The molecule has 0 spiro atoms. The van der Waals surface area contributed by atoms with Crippen LogP contribution in [0.1, 0.15) is 44.0 Å². The molecule has 1 aliphatic rings. The molecule has 0 aliphatic heterocycles. The summed E-state index contributed by atoms with van der Waals surface area (Å²) in [4.78, 5) is 20.4. The first kappa shape index (κ1) is 20.5. The minimum absolute atomic E-state index is 0.109. The Labute approximate surface area is 181 Å². The Kier molecular flexibility index (Phi) is 5.57. The van der Waals surface area contributed by atoms with Gasteiger partial charge in [-0.05, 0) is 65.8 Å². The summed E-state index contributed by atoms with van der Waals surface area (Å²) >= 11 is 1.33. The summed E-state index contributed by atoms with van der Waals surface area (Å²) in [5, 5.41) is 14.3. The third-order valence-electron chi connectivity index (χ3n) is 5.88. The molecule has 0 bridgehead atoms. The molecule has 2 aromatic heterocycles. The number of carbonyl (C=O) groups excluding carboxylic acids is 1. The maximum absolute atomic E-state index is 12.4. The zero-order valence-corrected chi connectivity index (χ0v) is 18.4. The summed E-state index contributed by atoms with van der Waals surface area (Å²) in [6, 6.07) is 12.0. The molecule has 0 saturated heterocycles. The lowest BCUT2D eigenvalue weighted by molar-refractivity contribution is -0.113. The van der Waals surface area contributed by atoms with Crippen molar-refractivity contribution < 1.29 is 4.79 Å². The van der Waals surface area contributed by atoms with Crippen molar-refractivity contribution >= 4 is 34.3 Å². The van der Waals surface area contributed by atoms with E-state index >= 15 is 0 Å². The molecule has 5 nitrogen and oxygen atoms in total. The number of aromatic nitrogens is 2. The Bertz CT molecular complexity index is 1140. The highest BCUT2D eigenvalue weighted by atomic mass is 32.2. The lowest BCUT2D eigenvalue weighted by Gasteiger charge is -2.34. The van der Waals surface area contributed by atoms with E-state index in [1.54, 1.807) is 0 Å². The molecular weight excluding hydrogens is 392 g/mol. The van der Waals surface area contributed by atoms with Crippen molar-refractivity contribution in [2.24, 2.45) is 11.3 Å². The number of amides is 1. The van der Waals surface area contributed by atoms with Crippen molar-refractivity contribution in [3.05, 3.63) is 53.3 Å². The number of H-pyrrole nitrogens is 1. The average molecular weight is 419 g/mol. The van der Waals surface area contributed by atoms with Gasteiger partial charge in [0, 0.05) is 23.1 Å². The molecule has 6 heteroatoms. The predicted molar refractivity (Wildman–Crippen MR) is 122 cm³/mol. The number of nitriles is 1. The van der Waals surface area contributed by atoms with Crippen LogP contribution in [0.15, 0.2) is 41.6 Å². The number of benzene rings is 1. The Balaban J connectivity index is 1.44. The lowest BCUT2D eigenvalue weighted by Crippen LogP contribution is -2.27. The number of aryl methyl sites for hydroxylation is 1. The average Bonchev–Trinajstić information content (AvgIpc) is 3.18. The van der Waals surface area contributed by atoms with Gasteiger partial charge >= 0.3 is 0 Å². The molecule has 4 rings (SSSR count). The highest BCUT2D eigenvalue weighted by Gasteiger charge is 2.30. The topological polar surface area (TPSA) is 81.6 Å². The van der Waals surface area contributed by atoms with Crippen molar-refractivity contribution in [2.45, 2.75) is 45.1 Å². The summed E-state index contributed by atoms with van der Waals surface area (Å²) in [7, 11) is 0. The molecule has 30 heavy (non-hydrogen) atoms. The Morgan fingerprint density at radius 3 is 2.93 bits per heavy atom. The first-order valence-electron chi connectivity index (χ1n) is 10.3. The van der Waals surface area contributed by atoms with E-state index in [9.17, 15) is 10.1 Å². The minimum atomic E-state index is -0.109. The van der Waals surface area contributed by atoms with Crippen molar-refractivity contribution in [3.63, 3.8) is 0 Å². The van der Waals surface area contributed by atoms with Crippen LogP contribution in [-0.4, -0.2) is 21.6 Å². The van der Waals surface area contributed by atoms with Gasteiger partial charge in [0.2, 0.25) is 5.91 Å². The van der Waals surface area contributed by atoms with Gasteiger partial charge < -0.3 is 10.3 Å². The monoisotopic (exact) mass is 418 g/mol. The van der Waals surface area contributed by atoms with Crippen molar-refractivity contribution in [3.8, 4) is 6.07 Å². The van der Waals surface area contributed by atoms with E-state index in [0.717, 1.165) is 41.5 Å². The molecule has 1 aromatic carbocycles. The summed E-state index contributed by atoms with van der Waals surface area (Å²) in [5.41, 5.74) is 4.81. The fourth-order valence-corrected chi connectivity index (χ4v) is 4.81. The van der Waals surface area contributed by atoms with E-state index < -0.39 is 0 Å². The second-order valence-electron chi connectivity index (χ2n) is 8.98. The number of nitrogens with zero attached hydrogens (tertiary/aromatic N) is 2. The summed E-state index contributed by atoms with van der Waals surface area (Å²) in [6.07, 6.45) is 4.88. The smallest absolute Gasteiger partial charge is 0.234 e. The van der Waals surface area contributed by atoms with Gasteiger partial charge in [0.05, 0.1) is 11.3 Å². The lowest BCUT2D eigenvalue weighted by atomic mass is 9.71. The van der Waals surface area contributed by atoms with Crippen LogP contribution < -0.4 is 5.32 Å². The van der Waals surface area contributed by atoms with Gasteiger partial charge in [-0.25, -0.2) is 4.98 Å². The van der Waals surface area contributed by atoms with Gasteiger partial charge in [0.1, 0.15) is 11.1 Å². The van der Waals surface area contributed by atoms with E-state index in [1.807, 2.05) is 36.5 Å². The van der Waals surface area contributed by atoms with Crippen molar-refractivity contribution in [1.82, 2.24) is 9.97 Å². The summed E-state index contributed by atoms with van der Waals surface area (Å²) < 4.78 is 0. The number of aromatic amines is 1. The van der Waals surface area contributed by atoms with Gasteiger partial charge in [-0.3, -0.25) is 4.79 Å². The minimum Gasteiger partial charge on any atom is -0.361 e. The zero-order valence-electron chi connectivity index (χ0n) is 17.6. The van der Waals surface area contributed by atoms with Gasteiger partial charge in [0.15, 0.2) is 0 Å². The standard InChI is InChI=1S/C24H26N4OS/c1-24(2,3)18-5-7-20-16(11-18)10-17(13-25)23(28-20)30-14-22(29)27-19-6-4-15-8-9-26-21(15)12-19/h4,6,8-10,12,18,26H,5,7,11,14H2,1-3H3,(H,27,29). The molecule has 1 atom stereocenters. The molecule has 2 N–H and O–H groups in total. The van der Waals surface area contributed by atoms with Crippen molar-refractivity contribution in [1.29, 1.82) is 5.26 Å². The number of pyridine rings is 1. The molecule has 0 fully saturated rings. The SMILES string of the molecule is CC(C)(C)C1CCc2nc(SCC(=O)Nc3ccc4cc[nH]c4c3)c(C#N)cc2C1. The third kappa shape index (κ3) is 4.36. The van der Waals surface area contributed by atoms with Crippen LogP contribution in [0.25, 0.3) is 10.9 Å². The highest BCUT2D eigenvalue weighted by molar-refractivity contribution is 8.00. The summed E-state index contributed by atoms with van der Waals surface area (Å²) in [5.74, 6) is 0.704. The second kappa shape index (κ2) is 8.16. The number of thioether (sulfide) groups is 1. The quantitative estimate of drug-likeness (QED) is 0.562. The fraction of sp³-hybridized carbons (Fsp3) is 0.375. The number of hydrogen-bond donors (Lipinski definition) is 2. The van der Waals surface area contributed by atoms with E-state index in [1.165, 1.54) is 17.3 Å². The molecule has 1 amide bonds. The van der Waals surface area contributed by atoms with E-state index in [0.29, 0.717) is 16.5 Å². The third-order valence-corrected chi connectivity index (χ3v) is 6.87. The maximum atomic E-state index is 12.4. The van der Waals surface area contributed by atoms with Crippen LogP contribution in [0.3, 0.4) is 0 Å². The molecule has 0 saturated carbocycles. The van der Waals surface area contributed by atoms with E-state index in [4.69, 9.17) is 4.98 Å². The number of rotatable bonds is 4. The fourth-order valence-electron chi connectivity index (χ4n) is 4.03. The van der Waals surface area contributed by atoms with Gasteiger partial charge in [0.25, 0.3) is 0 Å². The largest absolute Gasteiger partial charge is 0.361 e. The van der Waals surface area contributed by atoms with E-state index in [-0.39, 0.29) is 17.1 Å². The van der Waals surface area contributed by atoms with E-state index in [2.05, 4.69) is 37.1 Å². The highest BCUT2D eigenvalue weighted by Crippen LogP contribution is 2.38. The van der Waals surface area contributed by atoms with Crippen LogP contribution in [0.5, 0.6) is 0 Å².